The number of nitrogens with zero attached hydrogens (tertiary/aromatic N) is 1. The molecule has 17 heteroatoms. The second-order valence-electron chi connectivity index (χ2n) is 11.8. The van der Waals surface area contributed by atoms with E-state index >= 15 is 0 Å². The smallest absolute Gasteiger partial charge is 0.496 e. The van der Waals surface area contributed by atoms with Crippen molar-refractivity contribution in [3.05, 3.63) is 35.4 Å². The second kappa shape index (κ2) is 10.5. The first-order valence-electron chi connectivity index (χ1n) is 14.3. The lowest BCUT2D eigenvalue weighted by atomic mass is 9.70. The molecule has 0 spiro atoms. The second-order valence-corrected chi connectivity index (χ2v) is 12.8. The Bertz CT molecular complexity index is 1720. The molecular weight excluding hydrogens is 645 g/mol. The number of amides is 2. The zero-order valence-electron chi connectivity index (χ0n) is 24.0. The number of nitrogens with one attached hydrogen (secondary N) is 2. The summed E-state index contributed by atoms with van der Waals surface area (Å²) in [4.78, 5) is 31.9. The fourth-order valence-corrected chi connectivity index (χ4v) is 7.19. The lowest BCUT2D eigenvalue weighted by Gasteiger charge is -2.53. The molecule has 0 atom stereocenters. The maximum Gasteiger partial charge on any atom is 0.586 e. The number of anilines is 1. The van der Waals surface area contributed by atoms with E-state index in [2.05, 4.69) is 25.1 Å². The van der Waals surface area contributed by atoms with Crippen molar-refractivity contribution >= 4 is 39.1 Å². The highest BCUT2D eigenvalue weighted by Gasteiger charge is 2.63. The molecule has 5 aliphatic rings. The van der Waals surface area contributed by atoms with Crippen LogP contribution in [0, 0.1) is 0 Å². The van der Waals surface area contributed by atoms with E-state index in [1.807, 2.05) is 0 Å². The molecule has 246 valence electrons. The number of ether oxygens (including phenoxy) is 5. The number of aliphatic hydroxyl groups excluding tert-OH is 1. The number of alkyl halides is 5. The Hall–Kier alpha value is -3.96. The molecule has 3 aromatic rings. The topological polar surface area (TPSA) is 137 Å². The summed E-state index contributed by atoms with van der Waals surface area (Å²) >= 11 is 1.06. The summed E-state index contributed by atoms with van der Waals surface area (Å²) in [5.41, 5.74) is -3.54. The van der Waals surface area contributed by atoms with Crippen LogP contribution in [0.4, 0.5) is 27.6 Å². The van der Waals surface area contributed by atoms with Crippen LogP contribution in [0.25, 0.3) is 10.2 Å². The van der Waals surface area contributed by atoms with Crippen molar-refractivity contribution in [1.82, 2.24) is 10.3 Å². The summed E-state index contributed by atoms with van der Waals surface area (Å²) in [7, 11) is 1.34. The van der Waals surface area contributed by atoms with Gasteiger partial charge in [-0.15, -0.1) is 8.78 Å². The van der Waals surface area contributed by atoms with Crippen molar-refractivity contribution in [2.45, 2.75) is 74.3 Å². The van der Waals surface area contributed by atoms with E-state index in [1.165, 1.54) is 13.2 Å². The monoisotopic (exact) mass is 671 g/mol. The molecule has 2 amide bonds. The zero-order valence-corrected chi connectivity index (χ0v) is 24.8. The first-order chi connectivity index (χ1) is 21.7. The number of halogens is 5. The number of hydrogen-bond acceptors (Lipinski definition) is 10. The Balaban J connectivity index is 1.19. The molecule has 2 saturated heterocycles. The summed E-state index contributed by atoms with van der Waals surface area (Å²) in [5, 5.41) is 15.1. The van der Waals surface area contributed by atoms with Crippen molar-refractivity contribution < 1.29 is 60.3 Å². The van der Waals surface area contributed by atoms with Crippen molar-refractivity contribution in [1.29, 1.82) is 0 Å². The highest BCUT2D eigenvalue weighted by Crippen LogP contribution is 2.52. The molecule has 0 unspecified atom stereocenters. The minimum atomic E-state index is -4.57. The summed E-state index contributed by atoms with van der Waals surface area (Å²) in [6.07, 6.45) is -9.19. The zero-order chi connectivity index (χ0) is 32.6. The van der Waals surface area contributed by atoms with Crippen molar-refractivity contribution in [3.63, 3.8) is 0 Å². The van der Waals surface area contributed by atoms with E-state index in [4.69, 9.17) is 14.2 Å². The number of aliphatic hydroxyl groups is 1. The number of hydrogen-bond donors (Lipinski definition) is 3. The molecule has 3 N–H and O–H groups in total. The van der Waals surface area contributed by atoms with Crippen LogP contribution in [0.3, 0.4) is 0 Å². The molecule has 46 heavy (non-hydrogen) atoms. The number of aromatic nitrogens is 1. The molecular formula is C29H26F5N3O8S. The van der Waals surface area contributed by atoms with E-state index in [0.717, 1.165) is 23.5 Å². The Morgan fingerprint density at radius 2 is 1.76 bits per heavy atom. The number of methoxy groups -OCH3 is 1. The SMILES string of the molecule is COc1ccc2nc(OC3CC(O)C3)sc2c1C(=O)Nc1cc2c(cc1C(=O)NC13CCC(C(F)(F)F)(CC1)OC3)OC(F)(F)O2. The number of benzene rings is 2. The van der Waals surface area contributed by atoms with Crippen LogP contribution < -0.4 is 29.6 Å². The molecule has 4 heterocycles. The third-order valence-corrected chi connectivity index (χ3v) is 9.83. The summed E-state index contributed by atoms with van der Waals surface area (Å²) < 4.78 is 94.8. The van der Waals surface area contributed by atoms with Crippen molar-refractivity contribution in [2.75, 3.05) is 19.0 Å². The molecule has 8 rings (SSSR count). The standard InChI is InChI=1S/C29H26F5N3O8S/c1-41-18-3-2-16-22(46-25(36-16)43-14-8-13(38)9-14)21(18)24(40)35-17-11-20-19(44-29(33,34)45-20)10-15(17)23(39)37-26-4-6-27(7-5-26,42-12-26)28(30,31)32/h2-3,10-11,13-14,38H,4-9,12H2,1H3,(H,35,40)(H,37,39). The molecule has 11 nitrogen and oxygen atoms in total. The summed E-state index contributed by atoms with van der Waals surface area (Å²) in [5.74, 6) is -2.43. The maximum absolute atomic E-state index is 14.0. The van der Waals surface area contributed by atoms with E-state index in [0.29, 0.717) is 23.1 Å². The van der Waals surface area contributed by atoms with Gasteiger partial charge in [-0.1, -0.05) is 11.3 Å². The molecule has 2 aromatic carbocycles. The molecule has 0 radical (unpaired) electrons. The Morgan fingerprint density at radius 3 is 2.37 bits per heavy atom. The number of fused-ring (bicyclic) bond motifs is 5. The fraction of sp³-hybridized carbons (Fsp3) is 0.483. The van der Waals surface area contributed by atoms with Crippen LogP contribution >= 0.6 is 11.3 Å². The lowest BCUT2D eigenvalue weighted by Crippen LogP contribution is -2.66. The third kappa shape index (κ3) is 5.23. The van der Waals surface area contributed by atoms with Gasteiger partial charge in [-0.3, -0.25) is 9.59 Å². The van der Waals surface area contributed by atoms with Gasteiger partial charge in [0.1, 0.15) is 17.4 Å². The summed E-state index contributed by atoms with van der Waals surface area (Å²) in [6.45, 7) is -0.405. The van der Waals surface area contributed by atoms with Gasteiger partial charge in [0.25, 0.3) is 17.0 Å². The van der Waals surface area contributed by atoms with Crippen LogP contribution in [0.2, 0.25) is 0 Å². The van der Waals surface area contributed by atoms with Crippen LogP contribution in [-0.2, 0) is 4.74 Å². The molecule has 3 aliphatic heterocycles. The Morgan fingerprint density at radius 1 is 1.07 bits per heavy atom. The van der Waals surface area contributed by atoms with Crippen LogP contribution in [-0.4, -0.2) is 71.4 Å². The Kier molecular flexibility index (Phi) is 7.02. The van der Waals surface area contributed by atoms with Gasteiger partial charge >= 0.3 is 12.5 Å². The number of thiazole rings is 1. The van der Waals surface area contributed by atoms with Gasteiger partial charge in [0.15, 0.2) is 17.1 Å². The quantitative estimate of drug-likeness (QED) is 0.291. The molecule has 2 saturated carbocycles. The van der Waals surface area contributed by atoms with Crippen LogP contribution in [0.5, 0.6) is 22.4 Å². The predicted octanol–water partition coefficient (Wildman–Crippen LogP) is 5.15. The lowest BCUT2D eigenvalue weighted by molar-refractivity contribution is -0.317. The molecule has 2 aliphatic carbocycles. The van der Waals surface area contributed by atoms with E-state index in [1.54, 1.807) is 6.07 Å². The van der Waals surface area contributed by atoms with E-state index in [9.17, 15) is 36.6 Å². The first kappa shape index (κ1) is 30.7. The van der Waals surface area contributed by atoms with Gasteiger partial charge in [-0.25, -0.2) is 4.98 Å². The number of rotatable bonds is 7. The van der Waals surface area contributed by atoms with Gasteiger partial charge in [-0.05, 0) is 43.9 Å². The van der Waals surface area contributed by atoms with Crippen molar-refractivity contribution in [2.24, 2.45) is 0 Å². The van der Waals surface area contributed by atoms with Gasteiger partial charge in [0.05, 0.1) is 46.8 Å². The van der Waals surface area contributed by atoms with Gasteiger partial charge in [0.2, 0.25) is 0 Å². The van der Waals surface area contributed by atoms with Crippen molar-refractivity contribution in [3.8, 4) is 22.4 Å². The van der Waals surface area contributed by atoms with Crippen LogP contribution in [0.1, 0.15) is 59.2 Å². The number of carbonyl (C=O) groups is 2. The minimum absolute atomic E-state index is 0.0189. The molecule has 2 bridgehead atoms. The summed E-state index contributed by atoms with van der Waals surface area (Å²) in [6, 6.07) is 5.10. The maximum atomic E-state index is 14.0. The van der Waals surface area contributed by atoms with E-state index in [-0.39, 0.29) is 59.5 Å². The number of carbonyl (C=O) groups excluding carboxylic acids is 2. The average molecular weight is 672 g/mol. The molecule has 4 fully saturated rings. The minimum Gasteiger partial charge on any atom is -0.496 e. The fourth-order valence-electron chi connectivity index (χ4n) is 6.17. The van der Waals surface area contributed by atoms with Gasteiger partial charge in [0, 0.05) is 18.9 Å². The third-order valence-electron chi connectivity index (χ3n) is 8.85. The van der Waals surface area contributed by atoms with E-state index < -0.39 is 59.6 Å². The highest BCUT2D eigenvalue weighted by molar-refractivity contribution is 7.20. The molecule has 1 aromatic heterocycles. The normalized spacial score (nSPS) is 27.6. The first-order valence-corrected chi connectivity index (χ1v) is 15.1. The average Bonchev–Trinajstić information content (AvgIpc) is 3.53. The van der Waals surface area contributed by atoms with Crippen LogP contribution in [0.15, 0.2) is 24.3 Å². The highest BCUT2D eigenvalue weighted by atomic mass is 32.1. The predicted molar refractivity (Wildman–Crippen MR) is 150 cm³/mol. The largest absolute Gasteiger partial charge is 0.586 e. The van der Waals surface area contributed by atoms with Gasteiger partial charge < -0.3 is 39.4 Å². The Labute approximate surface area is 260 Å². The van der Waals surface area contributed by atoms with Gasteiger partial charge in [-0.2, -0.15) is 13.2 Å².